The van der Waals surface area contributed by atoms with Crippen molar-refractivity contribution in [3.63, 3.8) is 0 Å². The topological polar surface area (TPSA) is 61.8 Å². The third-order valence-electron chi connectivity index (χ3n) is 3.19. The summed E-state index contributed by atoms with van der Waals surface area (Å²) in [5.41, 5.74) is 2.86. The summed E-state index contributed by atoms with van der Waals surface area (Å²) in [6.07, 6.45) is 3.26. The van der Waals surface area contributed by atoms with E-state index in [2.05, 4.69) is 10.5 Å². The Kier molecular flexibility index (Phi) is 3.45. The second-order valence-electron chi connectivity index (χ2n) is 5.09. The number of amides is 2. The van der Waals surface area contributed by atoms with Gasteiger partial charge in [0.25, 0.3) is 5.91 Å². The van der Waals surface area contributed by atoms with Crippen molar-refractivity contribution in [2.45, 2.75) is 45.6 Å². The first-order valence-corrected chi connectivity index (χ1v) is 6.24. The Morgan fingerprint density at radius 2 is 2.18 bits per heavy atom. The van der Waals surface area contributed by atoms with Crippen LogP contribution in [0, 0.1) is 5.92 Å². The minimum absolute atomic E-state index is 0.0214. The van der Waals surface area contributed by atoms with Gasteiger partial charge in [-0.1, -0.05) is 0 Å². The molecular formula is C12H19N3O2. The monoisotopic (exact) mass is 237 g/mol. The number of hydrogen-bond acceptors (Lipinski definition) is 3. The Bertz CT molecular complexity index is 359. The van der Waals surface area contributed by atoms with Crippen LogP contribution in [-0.2, 0) is 9.59 Å². The standard InChI is InChI=1S/C12H19N3O2/c1-8(2)15(7-9-3-4-9)12(17)10-5-6-11(16)14-13-10/h8-9H,3-7H2,1-2H3,(H,14,16). The minimum Gasteiger partial charge on any atom is -0.335 e. The van der Waals surface area contributed by atoms with E-state index in [0.717, 1.165) is 6.54 Å². The second-order valence-corrected chi connectivity index (χ2v) is 5.09. The van der Waals surface area contributed by atoms with Crippen molar-refractivity contribution in [3.05, 3.63) is 0 Å². The van der Waals surface area contributed by atoms with Gasteiger partial charge in [-0.05, 0) is 32.6 Å². The number of carbonyl (C=O) groups is 2. The molecular weight excluding hydrogens is 218 g/mol. The first kappa shape index (κ1) is 12.1. The van der Waals surface area contributed by atoms with Crippen molar-refractivity contribution in [1.82, 2.24) is 10.3 Å². The highest BCUT2D eigenvalue weighted by molar-refractivity contribution is 6.39. The lowest BCUT2D eigenvalue weighted by atomic mass is 10.1. The van der Waals surface area contributed by atoms with Gasteiger partial charge in [-0.2, -0.15) is 5.10 Å². The lowest BCUT2D eigenvalue weighted by Gasteiger charge is -2.28. The van der Waals surface area contributed by atoms with E-state index in [1.54, 1.807) is 0 Å². The molecule has 5 nitrogen and oxygen atoms in total. The van der Waals surface area contributed by atoms with E-state index in [9.17, 15) is 9.59 Å². The SMILES string of the molecule is CC(C)N(CC1CC1)C(=O)C1=NNC(=O)CC1. The van der Waals surface area contributed by atoms with Crippen LogP contribution in [0.3, 0.4) is 0 Å². The fourth-order valence-electron chi connectivity index (χ4n) is 1.90. The van der Waals surface area contributed by atoms with Crippen molar-refractivity contribution in [1.29, 1.82) is 0 Å². The van der Waals surface area contributed by atoms with E-state index in [0.29, 0.717) is 24.5 Å². The van der Waals surface area contributed by atoms with Gasteiger partial charge in [0.15, 0.2) is 0 Å². The van der Waals surface area contributed by atoms with Crippen LogP contribution >= 0.6 is 0 Å². The van der Waals surface area contributed by atoms with Crippen LogP contribution in [-0.4, -0.2) is 35.0 Å². The second kappa shape index (κ2) is 4.85. The Balaban J connectivity index is 2.02. The predicted molar refractivity (Wildman–Crippen MR) is 64.4 cm³/mol. The molecule has 0 aromatic heterocycles. The zero-order chi connectivity index (χ0) is 12.4. The quantitative estimate of drug-likeness (QED) is 0.789. The molecule has 1 N–H and O–H groups in total. The molecule has 0 aromatic rings. The summed E-state index contributed by atoms with van der Waals surface area (Å²) in [5.74, 6) is 0.534. The lowest BCUT2D eigenvalue weighted by molar-refractivity contribution is -0.126. The van der Waals surface area contributed by atoms with Gasteiger partial charge in [0, 0.05) is 25.4 Å². The molecule has 0 spiro atoms. The molecule has 0 unspecified atom stereocenters. The Morgan fingerprint density at radius 1 is 1.47 bits per heavy atom. The summed E-state index contributed by atoms with van der Waals surface area (Å²) in [6.45, 7) is 4.86. The normalized spacial score (nSPS) is 19.9. The Hall–Kier alpha value is -1.39. The zero-order valence-corrected chi connectivity index (χ0v) is 10.4. The van der Waals surface area contributed by atoms with Crippen LogP contribution in [0.1, 0.15) is 39.5 Å². The van der Waals surface area contributed by atoms with E-state index < -0.39 is 0 Å². The molecule has 0 bridgehead atoms. The fourth-order valence-corrected chi connectivity index (χ4v) is 1.90. The first-order valence-electron chi connectivity index (χ1n) is 6.24. The van der Waals surface area contributed by atoms with E-state index in [1.807, 2.05) is 18.7 Å². The Labute approximate surface area is 101 Å². The van der Waals surface area contributed by atoms with Crippen LogP contribution in [0.25, 0.3) is 0 Å². The smallest absolute Gasteiger partial charge is 0.270 e. The van der Waals surface area contributed by atoms with Crippen molar-refractivity contribution < 1.29 is 9.59 Å². The van der Waals surface area contributed by atoms with Gasteiger partial charge in [-0.15, -0.1) is 0 Å². The molecule has 5 heteroatoms. The van der Waals surface area contributed by atoms with Gasteiger partial charge in [0.1, 0.15) is 5.71 Å². The number of nitrogens with one attached hydrogen (secondary N) is 1. The third-order valence-corrected chi connectivity index (χ3v) is 3.19. The molecule has 1 fully saturated rings. The largest absolute Gasteiger partial charge is 0.335 e. The van der Waals surface area contributed by atoms with Gasteiger partial charge in [0.2, 0.25) is 5.91 Å². The molecule has 0 aromatic carbocycles. The number of carbonyl (C=O) groups excluding carboxylic acids is 2. The number of nitrogens with zero attached hydrogens (tertiary/aromatic N) is 2. The van der Waals surface area contributed by atoms with Crippen LogP contribution in [0.2, 0.25) is 0 Å². The first-order chi connectivity index (χ1) is 8.08. The highest BCUT2D eigenvalue weighted by Crippen LogP contribution is 2.30. The molecule has 0 atom stereocenters. The van der Waals surface area contributed by atoms with Crippen molar-refractivity contribution in [3.8, 4) is 0 Å². The van der Waals surface area contributed by atoms with Crippen LogP contribution < -0.4 is 5.43 Å². The van der Waals surface area contributed by atoms with Crippen molar-refractivity contribution >= 4 is 17.5 Å². The fraction of sp³-hybridized carbons (Fsp3) is 0.750. The van der Waals surface area contributed by atoms with Gasteiger partial charge in [-0.3, -0.25) is 9.59 Å². The molecule has 2 amide bonds. The number of hydrazone groups is 1. The average Bonchev–Trinajstić information content (AvgIpc) is 3.09. The highest BCUT2D eigenvalue weighted by atomic mass is 16.2. The number of hydrogen-bond donors (Lipinski definition) is 1. The van der Waals surface area contributed by atoms with E-state index in [4.69, 9.17) is 0 Å². The van der Waals surface area contributed by atoms with Gasteiger partial charge in [-0.25, -0.2) is 5.43 Å². The molecule has 0 saturated heterocycles. The maximum atomic E-state index is 12.3. The van der Waals surface area contributed by atoms with Gasteiger partial charge >= 0.3 is 0 Å². The summed E-state index contributed by atoms with van der Waals surface area (Å²) in [6, 6.07) is 0.184. The molecule has 94 valence electrons. The lowest BCUT2D eigenvalue weighted by Crippen LogP contribution is -2.44. The van der Waals surface area contributed by atoms with Gasteiger partial charge in [0.05, 0.1) is 0 Å². The summed E-state index contributed by atoms with van der Waals surface area (Å²) in [7, 11) is 0. The highest BCUT2D eigenvalue weighted by Gasteiger charge is 2.31. The molecule has 1 heterocycles. The van der Waals surface area contributed by atoms with Crippen LogP contribution in [0.4, 0.5) is 0 Å². The Morgan fingerprint density at radius 3 is 2.65 bits per heavy atom. The number of rotatable bonds is 4. The van der Waals surface area contributed by atoms with Crippen molar-refractivity contribution in [2.75, 3.05) is 6.54 Å². The summed E-state index contributed by atoms with van der Waals surface area (Å²) in [4.78, 5) is 25.1. The minimum atomic E-state index is -0.111. The molecule has 2 aliphatic rings. The zero-order valence-electron chi connectivity index (χ0n) is 10.4. The maximum Gasteiger partial charge on any atom is 0.270 e. The molecule has 0 radical (unpaired) electrons. The molecule has 1 saturated carbocycles. The molecule has 17 heavy (non-hydrogen) atoms. The van der Waals surface area contributed by atoms with Crippen LogP contribution in [0.5, 0.6) is 0 Å². The third kappa shape index (κ3) is 3.05. The molecule has 1 aliphatic carbocycles. The summed E-state index contributed by atoms with van der Waals surface area (Å²) >= 11 is 0. The van der Waals surface area contributed by atoms with Crippen LogP contribution in [0.15, 0.2) is 5.10 Å². The average molecular weight is 237 g/mol. The van der Waals surface area contributed by atoms with Crippen molar-refractivity contribution in [2.24, 2.45) is 11.0 Å². The van der Waals surface area contributed by atoms with E-state index in [-0.39, 0.29) is 17.9 Å². The molecule has 2 rings (SSSR count). The molecule has 1 aliphatic heterocycles. The van der Waals surface area contributed by atoms with Gasteiger partial charge < -0.3 is 4.90 Å². The van der Waals surface area contributed by atoms with E-state index in [1.165, 1.54) is 12.8 Å². The summed E-state index contributed by atoms with van der Waals surface area (Å²) < 4.78 is 0. The predicted octanol–water partition coefficient (Wildman–Crippen LogP) is 0.899. The maximum absolute atomic E-state index is 12.3. The summed E-state index contributed by atoms with van der Waals surface area (Å²) in [5, 5.41) is 3.87. The van der Waals surface area contributed by atoms with E-state index >= 15 is 0 Å².